The zero-order valence-electron chi connectivity index (χ0n) is 14.7. The van der Waals surface area contributed by atoms with E-state index in [1.54, 1.807) is 0 Å². The van der Waals surface area contributed by atoms with Crippen molar-refractivity contribution in [1.29, 1.82) is 0 Å². The summed E-state index contributed by atoms with van der Waals surface area (Å²) >= 11 is 0. The lowest BCUT2D eigenvalue weighted by atomic mass is 10.2. The number of nitrogens with one attached hydrogen (secondary N) is 1. The monoisotopic (exact) mass is 288 g/mol. The molecule has 2 rings (SSSR count). The van der Waals surface area contributed by atoms with Gasteiger partial charge >= 0.3 is 0 Å². The fourth-order valence-corrected chi connectivity index (χ4v) is 1.07. The van der Waals surface area contributed by atoms with Gasteiger partial charge < -0.3 is 10.2 Å². The number of benzene rings is 2. The molecule has 0 atom stereocenters. The van der Waals surface area contributed by atoms with E-state index in [1.807, 2.05) is 76.5 Å². The molecule has 2 aromatic carbocycles. The van der Waals surface area contributed by atoms with Crippen LogP contribution in [0.4, 0.5) is 0 Å². The summed E-state index contributed by atoms with van der Waals surface area (Å²) in [6, 6.07) is 20.5. The summed E-state index contributed by atoms with van der Waals surface area (Å²) in [6.45, 7) is 4.17. The second-order valence-corrected chi connectivity index (χ2v) is 5.15. The van der Waals surface area contributed by atoms with Crippen LogP contribution in [0.5, 0.6) is 0 Å². The summed E-state index contributed by atoms with van der Waals surface area (Å²) in [5.74, 6) is 0. The average Bonchev–Trinajstić information content (AvgIpc) is 2.41. The number of aryl methyl sites for hydroxylation is 2. The third-order valence-corrected chi connectivity index (χ3v) is 1.88. The van der Waals surface area contributed by atoms with Gasteiger partial charge in [-0.15, -0.1) is 0 Å². The van der Waals surface area contributed by atoms with Crippen LogP contribution in [0, 0.1) is 13.8 Å². The Morgan fingerprint density at radius 2 is 0.810 bits per heavy atom. The molecule has 2 aromatic rings. The molecule has 0 aliphatic heterocycles. The summed E-state index contributed by atoms with van der Waals surface area (Å²) in [5.41, 5.74) is 2.64. The van der Waals surface area contributed by atoms with Crippen molar-refractivity contribution >= 4 is 0 Å². The Morgan fingerprint density at radius 1 is 0.619 bits per heavy atom. The molecule has 0 aliphatic rings. The number of hydrogen-bond donors (Lipinski definition) is 1. The second kappa shape index (κ2) is 16.4. The lowest BCUT2D eigenvalue weighted by Crippen LogP contribution is -1.99. The van der Waals surface area contributed by atoms with Crippen molar-refractivity contribution in [2.24, 2.45) is 0 Å². The Morgan fingerprint density at radius 3 is 0.905 bits per heavy atom. The van der Waals surface area contributed by atoms with Gasteiger partial charge in [0.05, 0.1) is 0 Å². The van der Waals surface area contributed by atoms with Gasteiger partial charge in [0.1, 0.15) is 0 Å². The van der Waals surface area contributed by atoms with Crippen molar-refractivity contribution in [2.75, 3.05) is 35.2 Å². The Bertz CT molecular complexity index is 356. The molecular formula is C19H32N2. The molecule has 118 valence electrons. The summed E-state index contributed by atoms with van der Waals surface area (Å²) < 4.78 is 0. The van der Waals surface area contributed by atoms with Crippen LogP contribution in [0.15, 0.2) is 60.7 Å². The van der Waals surface area contributed by atoms with Gasteiger partial charge in [0.15, 0.2) is 0 Å². The van der Waals surface area contributed by atoms with Crippen molar-refractivity contribution in [2.45, 2.75) is 13.8 Å². The highest BCUT2D eigenvalue weighted by atomic mass is 15.0. The van der Waals surface area contributed by atoms with E-state index >= 15 is 0 Å². The van der Waals surface area contributed by atoms with Gasteiger partial charge in [-0.25, -0.2) is 0 Å². The fourth-order valence-electron chi connectivity index (χ4n) is 1.07. The Kier molecular flexibility index (Phi) is 16.9. The Labute approximate surface area is 131 Å². The standard InChI is InChI=1S/2C7H8.C3H9N.C2H7N/c2*1-7-5-3-2-4-6-7;1-4(2)3;1-3-2/h2*2-6H,1H3;1-3H3;3H,1-2H3. The van der Waals surface area contributed by atoms with E-state index in [-0.39, 0.29) is 0 Å². The second-order valence-electron chi connectivity index (χ2n) is 5.15. The zero-order chi connectivity index (χ0) is 16.5. The van der Waals surface area contributed by atoms with Crippen LogP contribution in [0.1, 0.15) is 11.1 Å². The number of hydrogen-bond acceptors (Lipinski definition) is 2. The summed E-state index contributed by atoms with van der Waals surface area (Å²) in [5, 5.41) is 2.75. The highest BCUT2D eigenvalue weighted by Crippen LogP contribution is 1.92. The zero-order valence-corrected chi connectivity index (χ0v) is 14.7. The van der Waals surface area contributed by atoms with Crippen molar-refractivity contribution in [3.63, 3.8) is 0 Å². The van der Waals surface area contributed by atoms with Crippen molar-refractivity contribution in [3.8, 4) is 0 Å². The maximum atomic E-state index is 2.75. The third kappa shape index (κ3) is 23.8. The summed E-state index contributed by atoms with van der Waals surface area (Å²) in [6.07, 6.45) is 0. The molecule has 0 saturated heterocycles. The first kappa shape index (κ1) is 21.7. The lowest BCUT2D eigenvalue weighted by molar-refractivity contribution is 0.505. The van der Waals surface area contributed by atoms with Crippen molar-refractivity contribution < 1.29 is 0 Å². The van der Waals surface area contributed by atoms with Gasteiger partial charge in [0.2, 0.25) is 0 Å². The van der Waals surface area contributed by atoms with Crippen LogP contribution in [-0.4, -0.2) is 40.1 Å². The normalized spacial score (nSPS) is 8.38. The molecule has 0 spiro atoms. The van der Waals surface area contributed by atoms with Gasteiger partial charge in [-0.3, -0.25) is 0 Å². The van der Waals surface area contributed by atoms with Crippen molar-refractivity contribution in [3.05, 3.63) is 71.8 Å². The van der Waals surface area contributed by atoms with Crippen LogP contribution in [0.25, 0.3) is 0 Å². The molecule has 0 heterocycles. The van der Waals surface area contributed by atoms with E-state index in [4.69, 9.17) is 0 Å². The minimum atomic E-state index is 1.32. The van der Waals surface area contributed by atoms with Crippen molar-refractivity contribution in [1.82, 2.24) is 10.2 Å². The maximum Gasteiger partial charge on any atom is -0.0140 e. The third-order valence-electron chi connectivity index (χ3n) is 1.88. The van der Waals surface area contributed by atoms with Crippen LogP contribution >= 0.6 is 0 Å². The number of rotatable bonds is 0. The first-order valence-corrected chi connectivity index (χ1v) is 7.16. The predicted molar refractivity (Wildman–Crippen MR) is 97.0 cm³/mol. The van der Waals surface area contributed by atoms with Gasteiger partial charge in [-0.1, -0.05) is 71.8 Å². The van der Waals surface area contributed by atoms with Gasteiger partial charge in [-0.05, 0) is 49.1 Å². The van der Waals surface area contributed by atoms with Crippen LogP contribution in [0.2, 0.25) is 0 Å². The van der Waals surface area contributed by atoms with Crippen LogP contribution in [0.3, 0.4) is 0 Å². The molecule has 21 heavy (non-hydrogen) atoms. The fraction of sp³-hybridized carbons (Fsp3) is 0.368. The molecule has 0 aromatic heterocycles. The predicted octanol–water partition coefficient (Wildman–Crippen LogP) is 4.00. The van der Waals surface area contributed by atoms with Crippen LogP contribution in [-0.2, 0) is 0 Å². The molecule has 0 bridgehead atoms. The van der Waals surface area contributed by atoms with E-state index in [9.17, 15) is 0 Å². The maximum absolute atomic E-state index is 2.75. The molecule has 0 unspecified atom stereocenters. The minimum absolute atomic E-state index is 1.32. The number of nitrogens with zero attached hydrogens (tertiary/aromatic N) is 1. The minimum Gasteiger partial charge on any atom is -0.323 e. The molecule has 2 nitrogen and oxygen atoms in total. The largest absolute Gasteiger partial charge is 0.323 e. The molecule has 0 saturated carbocycles. The lowest BCUT2D eigenvalue weighted by Gasteiger charge is -1.90. The molecule has 2 heteroatoms. The first-order chi connectivity index (χ1) is 9.93. The summed E-state index contributed by atoms with van der Waals surface area (Å²) in [4.78, 5) is 2.00. The van der Waals surface area contributed by atoms with Crippen LogP contribution < -0.4 is 5.32 Å². The Balaban J connectivity index is 0. The quantitative estimate of drug-likeness (QED) is 0.788. The van der Waals surface area contributed by atoms with E-state index in [2.05, 4.69) is 43.4 Å². The molecular weight excluding hydrogens is 256 g/mol. The molecule has 1 N–H and O–H groups in total. The van der Waals surface area contributed by atoms with Gasteiger partial charge in [0.25, 0.3) is 0 Å². The van der Waals surface area contributed by atoms with E-state index in [1.165, 1.54) is 11.1 Å². The SMILES string of the molecule is CN(C)C.CNC.Cc1ccccc1.Cc1ccccc1. The highest BCUT2D eigenvalue weighted by molar-refractivity contribution is 5.12. The highest BCUT2D eigenvalue weighted by Gasteiger charge is 1.72. The smallest absolute Gasteiger partial charge is 0.0140 e. The average molecular weight is 288 g/mol. The summed E-state index contributed by atoms with van der Waals surface area (Å²) in [7, 11) is 9.75. The molecule has 0 fully saturated rings. The molecule has 0 aliphatic carbocycles. The van der Waals surface area contributed by atoms with E-state index < -0.39 is 0 Å². The first-order valence-electron chi connectivity index (χ1n) is 7.16. The molecule has 0 radical (unpaired) electrons. The van der Waals surface area contributed by atoms with E-state index in [0.717, 1.165) is 0 Å². The Hall–Kier alpha value is -1.64. The van der Waals surface area contributed by atoms with Gasteiger partial charge in [0, 0.05) is 0 Å². The topological polar surface area (TPSA) is 15.3 Å². The van der Waals surface area contributed by atoms with E-state index in [0.29, 0.717) is 0 Å². The molecule has 0 amide bonds. The van der Waals surface area contributed by atoms with Gasteiger partial charge in [-0.2, -0.15) is 0 Å².